The minimum Gasteiger partial charge on any atom is -0.349 e. The molecule has 28 heavy (non-hydrogen) atoms. The van der Waals surface area contributed by atoms with Crippen molar-refractivity contribution in [1.29, 1.82) is 0 Å². The van der Waals surface area contributed by atoms with E-state index in [4.69, 9.17) is 0 Å². The van der Waals surface area contributed by atoms with Gasteiger partial charge in [0.15, 0.2) is 11.7 Å². The predicted molar refractivity (Wildman–Crippen MR) is 113 cm³/mol. The number of rotatable bonds is 3. The maximum Gasteiger partial charge on any atom is 0.676 e. The Morgan fingerprint density at radius 3 is 1.46 bits per heavy atom. The SMILES string of the molecule is CC(C)(C)n1cc[n+]([B-]([N+]2C=C[N+](C(C)(C)C)=C2)[n+]2ccn(C(C)(C)C)c2)c1. The van der Waals surface area contributed by atoms with Gasteiger partial charge in [-0.2, -0.15) is 4.81 Å². The van der Waals surface area contributed by atoms with Crippen LogP contribution in [0.15, 0.2) is 49.8 Å². The third-order valence-corrected chi connectivity index (χ3v) is 5.10. The van der Waals surface area contributed by atoms with Crippen LogP contribution in [0.1, 0.15) is 62.3 Å². The Morgan fingerprint density at radius 2 is 1.14 bits per heavy atom. The van der Waals surface area contributed by atoms with Crippen LogP contribution in [-0.2, 0) is 11.1 Å². The van der Waals surface area contributed by atoms with Crippen LogP contribution in [-0.4, -0.2) is 32.7 Å². The van der Waals surface area contributed by atoms with Crippen LogP contribution in [0.3, 0.4) is 0 Å². The summed E-state index contributed by atoms with van der Waals surface area (Å²) in [7, 11) is -0.0178. The molecular weight excluding hydrogens is 347 g/mol. The second kappa shape index (κ2) is 6.73. The zero-order chi connectivity index (χ0) is 20.9. The third kappa shape index (κ3) is 4.14. The van der Waals surface area contributed by atoms with Crippen molar-refractivity contribution in [3.05, 3.63) is 49.8 Å². The van der Waals surface area contributed by atoms with Crippen LogP contribution in [0, 0.1) is 0 Å². The van der Waals surface area contributed by atoms with E-state index in [1.54, 1.807) is 0 Å². The molecular formula is C21H36BN6+3. The predicted octanol–water partition coefficient (Wildman–Crippen LogP) is 2.22. The van der Waals surface area contributed by atoms with Crippen LogP contribution in [0.5, 0.6) is 0 Å². The Bertz CT molecular complexity index is 846. The summed E-state index contributed by atoms with van der Waals surface area (Å²) in [5.74, 6) is 0. The summed E-state index contributed by atoms with van der Waals surface area (Å²) in [4.78, 5) is 2.26. The van der Waals surface area contributed by atoms with E-state index in [2.05, 4.69) is 146 Å². The first-order valence-electron chi connectivity index (χ1n) is 10.0. The van der Waals surface area contributed by atoms with E-state index in [1.165, 1.54) is 0 Å². The molecule has 0 fully saturated rings. The highest BCUT2D eigenvalue weighted by molar-refractivity contribution is 6.41. The van der Waals surface area contributed by atoms with Gasteiger partial charge in [0, 0.05) is 20.8 Å². The lowest BCUT2D eigenvalue weighted by Gasteiger charge is -2.17. The summed E-state index contributed by atoms with van der Waals surface area (Å²) in [6, 6.07) is 0. The van der Waals surface area contributed by atoms with E-state index in [-0.39, 0.29) is 23.7 Å². The van der Waals surface area contributed by atoms with E-state index in [0.717, 1.165) is 0 Å². The smallest absolute Gasteiger partial charge is 0.349 e. The standard InChI is InChI=1S/C21H36BN6/c1-19(2,3)23-10-13-26(16-23)22(27-14-11-24(17-27)20(4,5)6)28-15-12-25(18-28)21(7,8)9/h10-18H,1-9H3/q+3. The second-order valence-electron chi connectivity index (χ2n) is 10.7. The van der Waals surface area contributed by atoms with Crippen LogP contribution in [0.2, 0.25) is 0 Å². The zero-order valence-electron chi connectivity index (χ0n) is 19.0. The fraction of sp³-hybridized carbons (Fsp3) is 0.571. The number of nitrogens with zero attached hydrogens (tertiary/aromatic N) is 6. The first kappa shape index (κ1) is 20.6. The van der Waals surface area contributed by atoms with Gasteiger partial charge >= 0.3 is 13.5 Å². The molecule has 0 aromatic carbocycles. The Kier molecular flexibility index (Phi) is 4.95. The molecule has 3 heterocycles. The average Bonchev–Trinajstić information content (AvgIpc) is 3.26. The molecule has 0 saturated heterocycles. The number of hydrogen-bond donors (Lipinski definition) is 0. The molecule has 7 heteroatoms. The Labute approximate surface area is 170 Å². The van der Waals surface area contributed by atoms with Gasteiger partial charge in [0.05, 0.1) is 12.4 Å². The van der Waals surface area contributed by atoms with Crippen molar-refractivity contribution in [2.45, 2.75) is 78.9 Å². The van der Waals surface area contributed by atoms with E-state index < -0.39 is 0 Å². The number of aromatic nitrogens is 4. The first-order chi connectivity index (χ1) is 12.8. The normalized spacial score (nSPS) is 16.3. The van der Waals surface area contributed by atoms with Crippen molar-refractivity contribution in [1.82, 2.24) is 13.9 Å². The van der Waals surface area contributed by atoms with Crippen LogP contribution < -0.4 is 13.8 Å². The summed E-state index contributed by atoms with van der Waals surface area (Å²) in [5, 5.41) is 0. The molecule has 1 aliphatic heterocycles. The number of imidazole rings is 2. The lowest BCUT2D eigenvalue weighted by molar-refractivity contribution is -0.678. The maximum absolute atomic E-state index is 2.26. The molecule has 2 aromatic heterocycles. The Balaban J connectivity index is 2.05. The molecule has 150 valence electrons. The number of hydrogen-bond acceptors (Lipinski definition) is 1. The summed E-state index contributed by atoms with van der Waals surface area (Å²) in [6.45, 7) is 20.0. The van der Waals surface area contributed by atoms with Crippen LogP contribution in [0.4, 0.5) is 0 Å². The molecule has 6 nitrogen and oxygen atoms in total. The van der Waals surface area contributed by atoms with Crippen molar-refractivity contribution in [3.8, 4) is 0 Å². The van der Waals surface area contributed by atoms with Gasteiger partial charge in [-0.1, -0.05) is 0 Å². The third-order valence-electron chi connectivity index (χ3n) is 5.10. The van der Waals surface area contributed by atoms with Crippen molar-refractivity contribution < 1.29 is 13.5 Å². The van der Waals surface area contributed by atoms with Gasteiger partial charge in [-0.15, -0.1) is 4.58 Å². The highest BCUT2D eigenvalue weighted by Gasteiger charge is 2.44. The molecule has 0 spiro atoms. The zero-order valence-corrected chi connectivity index (χ0v) is 19.0. The van der Waals surface area contributed by atoms with Crippen molar-refractivity contribution in [2.75, 3.05) is 0 Å². The maximum atomic E-state index is 2.26. The first-order valence-corrected chi connectivity index (χ1v) is 10.0. The lowest BCUT2D eigenvalue weighted by atomic mass is 9.90. The molecule has 2 aromatic rings. The Morgan fingerprint density at radius 1 is 0.679 bits per heavy atom. The van der Waals surface area contributed by atoms with E-state index in [9.17, 15) is 0 Å². The van der Waals surface area contributed by atoms with Gasteiger partial charge in [-0.05, 0) is 41.5 Å². The highest BCUT2D eigenvalue weighted by atomic mass is 15.3. The van der Waals surface area contributed by atoms with Crippen LogP contribution >= 0.6 is 0 Å². The molecule has 1 aliphatic rings. The van der Waals surface area contributed by atoms with Gasteiger partial charge in [-0.3, -0.25) is 0 Å². The molecule has 0 aliphatic carbocycles. The molecule has 0 bridgehead atoms. The topological polar surface area (TPSA) is 26.5 Å². The molecule has 0 unspecified atom stereocenters. The lowest BCUT2D eigenvalue weighted by Crippen LogP contribution is -2.77. The van der Waals surface area contributed by atoms with Gasteiger partial charge in [-0.25, -0.2) is 9.13 Å². The minimum atomic E-state index is -0.0178. The molecule has 3 rings (SSSR count). The molecule has 0 amide bonds. The summed E-state index contributed by atoms with van der Waals surface area (Å²) in [6.07, 6.45) is 19.5. The molecule has 2 radical (unpaired) electrons. The molecule has 0 atom stereocenters. The van der Waals surface area contributed by atoms with Crippen LogP contribution in [0.25, 0.3) is 0 Å². The monoisotopic (exact) mass is 383 g/mol. The molecule has 0 N–H and O–H groups in total. The van der Waals surface area contributed by atoms with E-state index in [0.29, 0.717) is 0 Å². The van der Waals surface area contributed by atoms with Crippen molar-refractivity contribution in [2.24, 2.45) is 0 Å². The Hall–Kier alpha value is -2.15. The summed E-state index contributed by atoms with van der Waals surface area (Å²) >= 11 is 0. The largest absolute Gasteiger partial charge is 0.676 e. The fourth-order valence-electron chi connectivity index (χ4n) is 3.17. The van der Waals surface area contributed by atoms with Crippen molar-refractivity contribution in [3.63, 3.8) is 0 Å². The quantitative estimate of drug-likeness (QED) is 0.574. The van der Waals surface area contributed by atoms with E-state index >= 15 is 0 Å². The van der Waals surface area contributed by atoms with Gasteiger partial charge in [0.1, 0.15) is 23.5 Å². The van der Waals surface area contributed by atoms with E-state index in [1.807, 2.05) is 0 Å². The van der Waals surface area contributed by atoms with Gasteiger partial charge < -0.3 is 8.96 Å². The fourth-order valence-corrected chi connectivity index (χ4v) is 3.17. The second-order valence-corrected chi connectivity index (χ2v) is 10.7. The van der Waals surface area contributed by atoms with Gasteiger partial charge in [0.25, 0.3) is 0 Å². The summed E-state index contributed by atoms with van der Waals surface area (Å²) in [5.41, 5.74) is 0.124. The highest BCUT2D eigenvalue weighted by Crippen LogP contribution is 2.14. The van der Waals surface area contributed by atoms with Gasteiger partial charge in [0.2, 0.25) is 18.9 Å². The average molecular weight is 383 g/mol. The molecule has 0 saturated carbocycles. The summed E-state index contributed by atoms with van der Waals surface area (Å²) < 4.78 is 11.3. The van der Waals surface area contributed by atoms with Crippen molar-refractivity contribution >= 4 is 13.5 Å². The minimum absolute atomic E-state index is 0.0178.